The van der Waals surface area contributed by atoms with Crippen molar-refractivity contribution in [3.05, 3.63) is 28.9 Å². The first-order chi connectivity index (χ1) is 6.74. The van der Waals surface area contributed by atoms with Gasteiger partial charge < -0.3 is 4.74 Å². The van der Waals surface area contributed by atoms with Gasteiger partial charge in [0.1, 0.15) is 0 Å². The van der Waals surface area contributed by atoms with Gasteiger partial charge >= 0.3 is 5.97 Å². The van der Waals surface area contributed by atoms with Crippen molar-refractivity contribution in [3.8, 4) is 0 Å². The molecular formula is C9H12N2O3. The highest BCUT2D eigenvalue weighted by molar-refractivity contribution is 5.68. The minimum atomic E-state index is -0.262. The van der Waals surface area contributed by atoms with E-state index in [1.165, 1.54) is 30.3 Å². The molecule has 0 N–H and O–H groups in total. The van der Waals surface area contributed by atoms with Crippen LogP contribution >= 0.6 is 0 Å². The van der Waals surface area contributed by atoms with E-state index in [0.29, 0.717) is 19.4 Å². The molecule has 0 saturated carbocycles. The molecule has 0 saturated heterocycles. The summed E-state index contributed by atoms with van der Waals surface area (Å²) in [6.07, 6.45) is 3.80. The van der Waals surface area contributed by atoms with Gasteiger partial charge in [-0.05, 0) is 6.42 Å². The first-order valence-electron chi connectivity index (χ1n) is 4.31. The number of ether oxygens (including phenoxy) is 1. The minimum Gasteiger partial charge on any atom is -0.469 e. The summed E-state index contributed by atoms with van der Waals surface area (Å²) in [5.41, 5.74) is -0.107. The average Bonchev–Trinajstić information content (AvgIpc) is 2.20. The summed E-state index contributed by atoms with van der Waals surface area (Å²) in [5.74, 6) is -0.262. The zero-order valence-corrected chi connectivity index (χ0v) is 7.97. The number of carbonyl (C=O) groups excluding carboxylic acids is 1. The van der Waals surface area contributed by atoms with E-state index >= 15 is 0 Å². The van der Waals surface area contributed by atoms with Gasteiger partial charge in [0, 0.05) is 25.2 Å². The Morgan fingerprint density at radius 3 is 3.07 bits per heavy atom. The summed E-state index contributed by atoms with van der Waals surface area (Å²) in [4.78, 5) is 25.7. The maximum Gasteiger partial charge on any atom is 0.305 e. The largest absolute Gasteiger partial charge is 0.469 e. The van der Waals surface area contributed by atoms with Crippen LogP contribution in [0.3, 0.4) is 0 Å². The van der Waals surface area contributed by atoms with Crippen molar-refractivity contribution < 1.29 is 9.53 Å². The molecule has 0 unspecified atom stereocenters. The lowest BCUT2D eigenvalue weighted by molar-refractivity contribution is -0.140. The molecule has 0 atom stereocenters. The molecule has 0 radical (unpaired) electrons. The quantitative estimate of drug-likeness (QED) is 0.645. The SMILES string of the molecule is COC(=O)CCCn1cnccc1=O. The Morgan fingerprint density at radius 1 is 1.64 bits per heavy atom. The number of nitrogens with zero attached hydrogens (tertiary/aromatic N) is 2. The predicted octanol–water partition coefficient (Wildman–Crippen LogP) is 0.197. The molecule has 1 aromatic heterocycles. The Hall–Kier alpha value is -1.65. The minimum absolute atomic E-state index is 0.107. The molecule has 1 heterocycles. The van der Waals surface area contributed by atoms with Crippen LogP contribution in [0.1, 0.15) is 12.8 Å². The number of aryl methyl sites for hydroxylation is 1. The second-order valence-corrected chi connectivity index (χ2v) is 2.79. The van der Waals surface area contributed by atoms with Crippen LogP contribution in [0.4, 0.5) is 0 Å². The van der Waals surface area contributed by atoms with E-state index in [2.05, 4.69) is 9.72 Å². The number of carbonyl (C=O) groups is 1. The third-order valence-corrected chi connectivity index (χ3v) is 1.80. The van der Waals surface area contributed by atoms with Gasteiger partial charge in [0.05, 0.1) is 13.4 Å². The number of hydrogen-bond donors (Lipinski definition) is 0. The molecule has 0 aliphatic rings. The lowest BCUT2D eigenvalue weighted by atomic mass is 10.3. The van der Waals surface area contributed by atoms with Crippen molar-refractivity contribution in [2.24, 2.45) is 0 Å². The maximum absolute atomic E-state index is 11.2. The summed E-state index contributed by atoms with van der Waals surface area (Å²) in [7, 11) is 1.35. The average molecular weight is 196 g/mol. The third kappa shape index (κ3) is 3.01. The van der Waals surface area contributed by atoms with E-state index < -0.39 is 0 Å². The Kier molecular flexibility index (Phi) is 3.84. The van der Waals surface area contributed by atoms with Gasteiger partial charge in [-0.25, -0.2) is 4.98 Å². The zero-order chi connectivity index (χ0) is 10.4. The fourth-order valence-corrected chi connectivity index (χ4v) is 1.04. The van der Waals surface area contributed by atoms with E-state index in [9.17, 15) is 9.59 Å². The molecule has 0 aliphatic heterocycles. The van der Waals surface area contributed by atoms with Crippen LogP contribution in [0.15, 0.2) is 23.4 Å². The Labute approximate surface area is 81.3 Å². The van der Waals surface area contributed by atoms with E-state index in [0.717, 1.165) is 0 Å². The lowest BCUT2D eigenvalue weighted by Gasteiger charge is -2.02. The zero-order valence-electron chi connectivity index (χ0n) is 7.97. The maximum atomic E-state index is 11.2. The summed E-state index contributed by atoms with van der Waals surface area (Å²) < 4.78 is 5.94. The summed E-state index contributed by atoms with van der Waals surface area (Å²) in [5, 5.41) is 0. The highest BCUT2D eigenvalue weighted by Crippen LogP contribution is 1.93. The van der Waals surface area contributed by atoms with Crippen molar-refractivity contribution in [1.82, 2.24) is 9.55 Å². The van der Waals surface area contributed by atoms with Gasteiger partial charge in [-0.15, -0.1) is 0 Å². The highest BCUT2D eigenvalue weighted by atomic mass is 16.5. The molecule has 0 amide bonds. The number of esters is 1. The van der Waals surface area contributed by atoms with Crippen molar-refractivity contribution in [1.29, 1.82) is 0 Å². The van der Waals surface area contributed by atoms with Crippen LogP contribution in [0.25, 0.3) is 0 Å². The predicted molar refractivity (Wildman–Crippen MR) is 49.7 cm³/mol. The van der Waals surface area contributed by atoms with Gasteiger partial charge in [-0.1, -0.05) is 0 Å². The van der Waals surface area contributed by atoms with E-state index in [1.54, 1.807) is 0 Å². The first-order valence-corrected chi connectivity index (χ1v) is 4.31. The number of methoxy groups -OCH3 is 1. The topological polar surface area (TPSA) is 61.2 Å². The monoisotopic (exact) mass is 196 g/mol. The molecule has 0 aromatic carbocycles. The second kappa shape index (κ2) is 5.16. The summed E-state index contributed by atoms with van der Waals surface area (Å²) in [6.45, 7) is 0.488. The lowest BCUT2D eigenvalue weighted by Crippen LogP contribution is -2.19. The van der Waals surface area contributed by atoms with Crippen LogP contribution in [0.2, 0.25) is 0 Å². The molecule has 14 heavy (non-hydrogen) atoms. The van der Waals surface area contributed by atoms with Crippen molar-refractivity contribution in [3.63, 3.8) is 0 Å². The number of aromatic nitrogens is 2. The van der Waals surface area contributed by atoms with Crippen LogP contribution in [-0.4, -0.2) is 22.6 Å². The molecule has 0 bridgehead atoms. The molecule has 0 aliphatic carbocycles. The van der Waals surface area contributed by atoms with Crippen molar-refractivity contribution in [2.75, 3.05) is 7.11 Å². The van der Waals surface area contributed by atoms with Crippen LogP contribution in [-0.2, 0) is 16.1 Å². The molecule has 5 nitrogen and oxygen atoms in total. The fraction of sp³-hybridized carbons (Fsp3) is 0.444. The summed E-state index contributed by atoms with van der Waals surface area (Å²) in [6, 6.07) is 1.39. The molecule has 0 fully saturated rings. The molecule has 1 rings (SSSR count). The van der Waals surface area contributed by atoms with E-state index in [4.69, 9.17) is 0 Å². The smallest absolute Gasteiger partial charge is 0.305 e. The molecule has 1 aromatic rings. The van der Waals surface area contributed by atoms with Crippen LogP contribution in [0.5, 0.6) is 0 Å². The van der Waals surface area contributed by atoms with Gasteiger partial charge in [0.15, 0.2) is 0 Å². The van der Waals surface area contributed by atoms with Gasteiger partial charge in [0.25, 0.3) is 5.56 Å². The fourth-order valence-electron chi connectivity index (χ4n) is 1.04. The van der Waals surface area contributed by atoms with Crippen LogP contribution in [0, 0.1) is 0 Å². The number of hydrogen-bond acceptors (Lipinski definition) is 4. The van der Waals surface area contributed by atoms with Crippen molar-refractivity contribution >= 4 is 5.97 Å². The van der Waals surface area contributed by atoms with Gasteiger partial charge in [0.2, 0.25) is 0 Å². The van der Waals surface area contributed by atoms with Gasteiger partial charge in [-0.3, -0.25) is 14.2 Å². The first kappa shape index (κ1) is 10.4. The normalized spacial score (nSPS) is 9.79. The molecule has 0 spiro atoms. The Balaban J connectivity index is 2.43. The van der Waals surface area contributed by atoms with E-state index in [1.807, 2.05) is 0 Å². The highest BCUT2D eigenvalue weighted by Gasteiger charge is 2.00. The standard InChI is InChI=1S/C9H12N2O3/c1-14-9(13)3-2-6-11-7-10-5-4-8(11)12/h4-5,7H,2-3,6H2,1H3. The second-order valence-electron chi connectivity index (χ2n) is 2.79. The Morgan fingerprint density at radius 2 is 2.43 bits per heavy atom. The van der Waals surface area contributed by atoms with Crippen LogP contribution < -0.4 is 5.56 Å². The molecule has 76 valence electrons. The molecular weight excluding hydrogens is 184 g/mol. The summed E-state index contributed by atoms with van der Waals surface area (Å²) >= 11 is 0. The number of rotatable bonds is 4. The van der Waals surface area contributed by atoms with Gasteiger partial charge in [-0.2, -0.15) is 0 Å². The van der Waals surface area contributed by atoms with Crippen molar-refractivity contribution in [2.45, 2.75) is 19.4 Å². The van der Waals surface area contributed by atoms with E-state index in [-0.39, 0.29) is 11.5 Å². The Bertz CT molecular complexity index is 359. The third-order valence-electron chi connectivity index (χ3n) is 1.80. The molecule has 5 heteroatoms.